The van der Waals surface area contributed by atoms with E-state index in [4.69, 9.17) is 0 Å². The molecule has 1 atom stereocenters. The molecular weight excluding hydrogens is 467 g/mol. The van der Waals surface area contributed by atoms with Crippen molar-refractivity contribution in [2.75, 3.05) is 29.2 Å². The quantitative estimate of drug-likeness (QED) is 0.503. The van der Waals surface area contributed by atoms with E-state index in [1.54, 1.807) is 20.9 Å². The predicted octanol–water partition coefficient (Wildman–Crippen LogP) is 4.92. The second-order valence-corrected chi connectivity index (χ2v) is 10.8. The Bertz CT molecular complexity index is 1320. The molecule has 0 unspecified atom stereocenters. The van der Waals surface area contributed by atoms with Crippen molar-refractivity contribution < 1.29 is 21.6 Å². The van der Waals surface area contributed by atoms with Crippen LogP contribution < -0.4 is 10.6 Å². The Morgan fingerprint density at radius 2 is 1.74 bits per heavy atom. The summed E-state index contributed by atoms with van der Waals surface area (Å²) in [5, 5.41) is 6.80. The number of halogens is 3. The first-order valence-electron chi connectivity index (χ1n) is 11.0. The van der Waals surface area contributed by atoms with Crippen LogP contribution >= 0.6 is 0 Å². The number of aryl methyl sites for hydroxylation is 1. The zero-order valence-corrected chi connectivity index (χ0v) is 19.9. The van der Waals surface area contributed by atoms with E-state index in [-0.39, 0.29) is 23.0 Å². The molecule has 3 heterocycles. The summed E-state index contributed by atoms with van der Waals surface area (Å²) in [6.07, 6.45) is -1.94. The molecule has 2 N–H and O–H groups in total. The van der Waals surface area contributed by atoms with Gasteiger partial charge in [0.2, 0.25) is 0 Å². The van der Waals surface area contributed by atoms with Crippen molar-refractivity contribution in [1.82, 2.24) is 15.0 Å². The Labute approximate surface area is 196 Å². The number of nitrogens with zero attached hydrogens (tertiary/aromatic N) is 3. The minimum Gasteiger partial charge on any atom is -0.373 e. The van der Waals surface area contributed by atoms with Crippen LogP contribution in [0.4, 0.5) is 24.8 Å². The lowest BCUT2D eigenvalue weighted by Crippen LogP contribution is -2.23. The molecule has 1 saturated heterocycles. The summed E-state index contributed by atoms with van der Waals surface area (Å²) < 4.78 is 64.8. The highest BCUT2D eigenvalue weighted by Crippen LogP contribution is 2.37. The minimum atomic E-state index is -3.03. The zero-order valence-electron chi connectivity index (χ0n) is 19.1. The molecule has 0 spiro atoms. The lowest BCUT2D eigenvalue weighted by Gasteiger charge is -2.25. The van der Waals surface area contributed by atoms with Gasteiger partial charge in [-0.05, 0) is 44.2 Å². The van der Waals surface area contributed by atoms with E-state index in [1.165, 1.54) is 12.1 Å². The fourth-order valence-electron chi connectivity index (χ4n) is 4.36. The second-order valence-electron chi connectivity index (χ2n) is 8.51. The molecule has 182 valence electrons. The predicted molar refractivity (Wildman–Crippen MR) is 126 cm³/mol. The highest BCUT2D eigenvalue weighted by molar-refractivity contribution is 7.91. The van der Waals surface area contributed by atoms with Crippen LogP contribution in [0, 0.1) is 12.7 Å². The number of alkyl halides is 2. The first-order valence-corrected chi connectivity index (χ1v) is 12.8. The molecular formula is C23H26F3N5O2S. The highest BCUT2D eigenvalue weighted by atomic mass is 32.2. The molecule has 34 heavy (non-hydrogen) atoms. The maximum Gasteiger partial charge on any atom is 0.266 e. The van der Waals surface area contributed by atoms with Gasteiger partial charge >= 0.3 is 0 Å². The lowest BCUT2D eigenvalue weighted by molar-refractivity contribution is 0.146. The van der Waals surface area contributed by atoms with Gasteiger partial charge in [0.1, 0.15) is 33.1 Å². The van der Waals surface area contributed by atoms with Crippen LogP contribution in [0.25, 0.3) is 11.0 Å². The van der Waals surface area contributed by atoms with Crippen LogP contribution in [-0.2, 0) is 9.84 Å². The number of aromatic nitrogens is 3. The number of fused-ring (bicyclic) bond motifs is 1. The number of nitrogens with one attached hydrogen (secondary N) is 2. The average Bonchev–Trinajstić information content (AvgIpc) is 2.78. The van der Waals surface area contributed by atoms with Gasteiger partial charge in [0.15, 0.2) is 5.65 Å². The Hall–Kier alpha value is -2.95. The lowest BCUT2D eigenvalue weighted by atomic mass is 9.93. The molecule has 4 rings (SSSR count). The molecule has 1 aliphatic rings. The molecule has 0 aliphatic carbocycles. The van der Waals surface area contributed by atoms with E-state index >= 15 is 0 Å². The van der Waals surface area contributed by atoms with Crippen LogP contribution in [0.1, 0.15) is 60.7 Å². The third-order valence-corrected chi connectivity index (χ3v) is 7.89. The molecule has 1 fully saturated rings. The second kappa shape index (κ2) is 9.36. The van der Waals surface area contributed by atoms with Crippen molar-refractivity contribution in [2.24, 2.45) is 0 Å². The maximum absolute atomic E-state index is 14.7. The van der Waals surface area contributed by atoms with Gasteiger partial charge < -0.3 is 10.6 Å². The molecule has 0 amide bonds. The summed E-state index contributed by atoms with van der Waals surface area (Å²) in [5.74, 6) is 0.731. The van der Waals surface area contributed by atoms with Gasteiger partial charge in [-0.15, -0.1) is 0 Å². The molecule has 1 aromatic carbocycles. The summed E-state index contributed by atoms with van der Waals surface area (Å²) in [6, 6.07) is 5.15. The van der Waals surface area contributed by atoms with Gasteiger partial charge in [-0.1, -0.05) is 18.2 Å². The van der Waals surface area contributed by atoms with Gasteiger partial charge in [-0.25, -0.2) is 36.5 Å². The van der Waals surface area contributed by atoms with E-state index < -0.39 is 33.7 Å². The smallest absolute Gasteiger partial charge is 0.266 e. The number of benzene rings is 1. The molecule has 0 radical (unpaired) electrons. The average molecular weight is 494 g/mol. The van der Waals surface area contributed by atoms with Crippen LogP contribution in [0.5, 0.6) is 0 Å². The largest absolute Gasteiger partial charge is 0.373 e. The van der Waals surface area contributed by atoms with Gasteiger partial charge in [-0.2, -0.15) is 0 Å². The molecule has 1 aliphatic heterocycles. The summed E-state index contributed by atoms with van der Waals surface area (Å²) in [6.45, 7) is 3.37. The molecule has 3 aromatic rings. The van der Waals surface area contributed by atoms with Crippen molar-refractivity contribution >= 4 is 32.5 Å². The molecule has 2 aromatic heterocycles. The first kappa shape index (κ1) is 24.2. The maximum atomic E-state index is 14.7. The number of pyridine rings is 1. The van der Waals surface area contributed by atoms with Crippen molar-refractivity contribution in [1.29, 1.82) is 0 Å². The topological polar surface area (TPSA) is 96.9 Å². The van der Waals surface area contributed by atoms with Crippen LogP contribution in [-0.4, -0.2) is 41.9 Å². The monoisotopic (exact) mass is 493 g/mol. The number of rotatable bonds is 6. The fourth-order valence-corrected chi connectivity index (χ4v) is 5.85. The zero-order chi connectivity index (χ0) is 24.6. The first-order chi connectivity index (χ1) is 16.1. The SMILES string of the molecule is CNc1nc2nc(C)nc(N[C@H](C)c3cccc(C(F)F)c3F)c2cc1C1CCS(=O)(=O)CC1. The van der Waals surface area contributed by atoms with E-state index in [1.807, 2.05) is 6.07 Å². The summed E-state index contributed by atoms with van der Waals surface area (Å²) >= 11 is 0. The third-order valence-electron chi connectivity index (χ3n) is 6.17. The van der Waals surface area contributed by atoms with Crippen molar-refractivity contribution in [3.05, 3.63) is 52.6 Å². The summed E-state index contributed by atoms with van der Waals surface area (Å²) in [4.78, 5) is 13.5. The van der Waals surface area contributed by atoms with Crippen LogP contribution in [0.2, 0.25) is 0 Å². The number of anilines is 2. The van der Waals surface area contributed by atoms with Gasteiger partial charge in [0.05, 0.1) is 28.5 Å². The molecule has 0 saturated carbocycles. The molecule has 11 heteroatoms. The van der Waals surface area contributed by atoms with Crippen molar-refractivity contribution in [2.45, 2.75) is 45.1 Å². The van der Waals surface area contributed by atoms with E-state index in [2.05, 4.69) is 25.6 Å². The molecule has 0 bridgehead atoms. The van der Waals surface area contributed by atoms with Crippen molar-refractivity contribution in [3.8, 4) is 0 Å². The third kappa shape index (κ3) is 4.79. The van der Waals surface area contributed by atoms with Crippen molar-refractivity contribution in [3.63, 3.8) is 0 Å². The number of hydrogen-bond donors (Lipinski definition) is 2. The Morgan fingerprint density at radius 1 is 1.06 bits per heavy atom. The van der Waals surface area contributed by atoms with E-state index in [9.17, 15) is 21.6 Å². The van der Waals surface area contributed by atoms with Gasteiger partial charge in [0, 0.05) is 12.6 Å². The van der Waals surface area contributed by atoms with Gasteiger partial charge in [-0.3, -0.25) is 0 Å². The Morgan fingerprint density at radius 3 is 2.38 bits per heavy atom. The van der Waals surface area contributed by atoms with Gasteiger partial charge in [0.25, 0.3) is 6.43 Å². The normalized spacial score (nSPS) is 17.1. The van der Waals surface area contributed by atoms with Crippen LogP contribution in [0.15, 0.2) is 24.3 Å². The van der Waals surface area contributed by atoms with E-state index in [0.29, 0.717) is 41.3 Å². The highest BCUT2D eigenvalue weighted by Gasteiger charge is 2.28. The minimum absolute atomic E-state index is 0.00498. The number of sulfone groups is 1. The standard InChI is InChI=1S/C23H26F3N5O2S/c1-12(15-5-4-6-16(19(15)24)20(25)26)28-22-18-11-17(14-7-9-34(32,33)10-8-14)21(27-3)31-23(18)30-13(2)29-22/h4-6,11-12,14,20H,7-10H2,1-3H3,(H2,27,28,29,30,31)/t12-/m1/s1. The summed E-state index contributed by atoms with van der Waals surface area (Å²) in [5.41, 5.74) is 0.726. The van der Waals surface area contributed by atoms with Crippen LogP contribution in [0.3, 0.4) is 0 Å². The molecule has 7 nitrogen and oxygen atoms in total. The fraction of sp³-hybridized carbons (Fsp3) is 0.435. The summed E-state index contributed by atoms with van der Waals surface area (Å²) in [7, 11) is -1.29. The Kier molecular flexibility index (Phi) is 6.66. The number of hydrogen-bond acceptors (Lipinski definition) is 7. The van der Waals surface area contributed by atoms with E-state index in [0.717, 1.165) is 11.6 Å². The Balaban J connectivity index is 1.75.